The van der Waals surface area contributed by atoms with Crippen molar-refractivity contribution in [2.45, 2.75) is 117 Å². The third-order valence-corrected chi connectivity index (χ3v) is 17.4. The van der Waals surface area contributed by atoms with E-state index in [0.29, 0.717) is 25.7 Å². The molecular formula is C48H60O13. The van der Waals surface area contributed by atoms with Crippen LogP contribution in [0, 0.1) is 69.0 Å². The zero-order chi connectivity index (χ0) is 43.6. The minimum absolute atomic E-state index is 0.0190. The summed E-state index contributed by atoms with van der Waals surface area (Å²) in [7, 11) is 0. The van der Waals surface area contributed by atoms with Crippen LogP contribution in [-0.2, 0) is 47.7 Å². The number of rotatable bonds is 11. The summed E-state index contributed by atoms with van der Waals surface area (Å²) in [6, 6.07) is 0. The number of ketones is 4. The Bertz CT molecular complexity index is 2010. The quantitative estimate of drug-likeness (QED) is 0.142. The lowest BCUT2D eigenvalue weighted by Gasteiger charge is -2.58. The molecule has 13 heteroatoms. The number of hydrogen-bond acceptors (Lipinski definition) is 13. The van der Waals surface area contributed by atoms with Gasteiger partial charge in [-0.25, -0.2) is 4.79 Å². The minimum Gasteiger partial charge on any atom is -0.458 e. The maximum atomic E-state index is 13.5. The number of hydrogen-bond donors (Lipinski definition) is 2. The fraction of sp³-hybridized carbons (Fsp3) is 0.688. The van der Waals surface area contributed by atoms with Gasteiger partial charge in [-0.05, 0) is 123 Å². The van der Waals surface area contributed by atoms with Crippen LogP contribution in [0.5, 0.6) is 0 Å². The molecule has 6 saturated carbocycles. The van der Waals surface area contributed by atoms with Gasteiger partial charge in [0.2, 0.25) is 6.79 Å². The van der Waals surface area contributed by atoms with E-state index in [1.54, 1.807) is 24.3 Å². The van der Waals surface area contributed by atoms with E-state index in [1.807, 2.05) is 12.2 Å². The maximum absolute atomic E-state index is 13.5. The first kappa shape index (κ1) is 43.4. The van der Waals surface area contributed by atoms with Crippen molar-refractivity contribution in [3.8, 4) is 0 Å². The second kappa shape index (κ2) is 16.2. The van der Waals surface area contributed by atoms with Crippen molar-refractivity contribution >= 4 is 41.2 Å². The maximum Gasteiger partial charge on any atom is 0.511 e. The number of ether oxygens (including phenoxy) is 4. The summed E-state index contributed by atoms with van der Waals surface area (Å²) in [4.78, 5) is 88.4. The van der Waals surface area contributed by atoms with Crippen LogP contribution >= 0.6 is 0 Å². The Hall–Kier alpha value is -4.23. The Balaban J connectivity index is 0.738. The van der Waals surface area contributed by atoms with E-state index in [9.17, 15) is 43.8 Å². The Morgan fingerprint density at radius 3 is 1.52 bits per heavy atom. The molecule has 14 atom stereocenters. The third kappa shape index (κ3) is 7.49. The van der Waals surface area contributed by atoms with Gasteiger partial charge in [0.1, 0.15) is 6.61 Å². The predicted molar refractivity (Wildman–Crippen MR) is 217 cm³/mol. The number of allylic oxidation sites excluding steroid dienone is 8. The van der Waals surface area contributed by atoms with Crippen molar-refractivity contribution in [2.75, 3.05) is 20.0 Å². The number of aliphatic hydroxyl groups excluding tert-OH is 2. The van der Waals surface area contributed by atoms with Gasteiger partial charge in [-0.1, -0.05) is 51.0 Å². The Kier molecular flexibility index (Phi) is 11.5. The van der Waals surface area contributed by atoms with Gasteiger partial charge >= 0.3 is 18.1 Å². The van der Waals surface area contributed by atoms with Crippen LogP contribution in [0.15, 0.2) is 47.6 Å². The van der Waals surface area contributed by atoms with Crippen LogP contribution in [0.1, 0.15) is 105 Å². The lowest BCUT2D eigenvalue weighted by molar-refractivity contribution is -0.158. The highest BCUT2D eigenvalue weighted by atomic mass is 16.8. The van der Waals surface area contributed by atoms with Crippen molar-refractivity contribution in [1.29, 1.82) is 0 Å². The lowest BCUT2D eigenvalue weighted by Crippen LogP contribution is -2.56. The molecular weight excluding hydrogens is 785 g/mol. The zero-order valence-corrected chi connectivity index (χ0v) is 35.7. The number of carbonyl (C=O) groups excluding carboxylic acids is 7. The largest absolute Gasteiger partial charge is 0.511 e. The van der Waals surface area contributed by atoms with Crippen molar-refractivity contribution < 1.29 is 62.7 Å². The normalized spacial score (nSPS) is 41.7. The van der Waals surface area contributed by atoms with Gasteiger partial charge in [-0.15, -0.1) is 0 Å². The number of carbonyl (C=O) groups is 7. The standard InChI is InChI=1S/C48H60O13/c1-45-17-15-28(49)19-26(45)5-7-30-32-9-11-34(47(32,3)21-36(51)42(30)45)38(53)23-58-40(55)13-14-41(56)60-25-61-44(57)59-24-39(54)35-12-10-33-31-8-6-27-20-29(50)16-18-46(27,2)43(31)37(52)22-48(33,35)4/h15-20,30-37,42-43,51-52H,5-14,21-25H2,1-4H3. The first-order valence-corrected chi connectivity index (χ1v) is 22.3. The molecule has 61 heavy (non-hydrogen) atoms. The fourth-order valence-corrected chi connectivity index (χ4v) is 14.7. The van der Waals surface area contributed by atoms with Gasteiger partial charge in [0.15, 0.2) is 29.7 Å². The minimum atomic E-state index is -1.19. The molecule has 8 aliphatic carbocycles. The van der Waals surface area contributed by atoms with Crippen LogP contribution in [0.4, 0.5) is 4.79 Å². The summed E-state index contributed by atoms with van der Waals surface area (Å²) in [5.41, 5.74) is 0.407. The number of aliphatic hydroxyl groups is 2. The van der Waals surface area contributed by atoms with Gasteiger partial charge in [0.05, 0.1) is 25.0 Å². The third-order valence-electron chi connectivity index (χ3n) is 17.4. The highest BCUT2D eigenvalue weighted by molar-refractivity contribution is 6.01. The Labute approximate surface area is 356 Å². The number of fused-ring (bicyclic) bond motifs is 10. The number of esters is 2. The lowest BCUT2D eigenvalue weighted by atomic mass is 9.46. The van der Waals surface area contributed by atoms with Crippen molar-refractivity contribution in [1.82, 2.24) is 0 Å². The number of Topliss-reactive ketones (excluding diaryl/α,β-unsaturated/α-hetero) is 2. The molecule has 2 N–H and O–H groups in total. The predicted octanol–water partition coefficient (Wildman–Crippen LogP) is 5.89. The molecule has 6 fully saturated rings. The molecule has 0 aromatic rings. The first-order valence-electron chi connectivity index (χ1n) is 22.3. The molecule has 0 bridgehead atoms. The highest BCUT2D eigenvalue weighted by Crippen LogP contribution is 2.67. The van der Waals surface area contributed by atoms with E-state index in [4.69, 9.17) is 18.9 Å². The van der Waals surface area contributed by atoms with Gasteiger partial charge < -0.3 is 29.2 Å². The highest BCUT2D eigenvalue weighted by Gasteiger charge is 2.64. The molecule has 8 aliphatic rings. The van der Waals surface area contributed by atoms with E-state index in [0.717, 1.165) is 49.7 Å². The second-order valence-corrected chi connectivity index (χ2v) is 20.3. The molecule has 0 spiro atoms. The van der Waals surface area contributed by atoms with Gasteiger partial charge in [-0.3, -0.25) is 28.8 Å². The van der Waals surface area contributed by atoms with Gasteiger partial charge in [0.25, 0.3) is 0 Å². The van der Waals surface area contributed by atoms with Crippen LogP contribution in [0.25, 0.3) is 0 Å². The Morgan fingerprint density at radius 1 is 0.607 bits per heavy atom. The summed E-state index contributed by atoms with van der Waals surface area (Å²) >= 11 is 0. The average Bonchev–Trinajstić information content (AvgIpc) is 3.74. The monoisotopic (exact) mass is 844 g/mol. The van der Waals surface area contributed by atoms with E-state index in [1.165, 1.54) is 0 Å². The van der Waals surface area contributed by atoms with E-state index >= 15 is 0 Å². The molecule has 0 radical (unpaired) electrons. The molecule has 0 amide bonds. The smallest absolute Gasteiger partial charge is 0.458 e. The van der Waals surface area contributed by atoms with Crippen LogP contribution in [0.3, 0.4) is 0 Å². The average molecular weight is 845 g/mol. The van der Waals surface area contributed by atoms with Crippen LogP contribution < -0.4 is 0 Å². The van der Waals surface area contributed by atoms with E-state index in [2.05, 4.69) is 27.7 Å². The summed E-state index contributed by atoms with van der Waals surface area (Å²) in [5, 5.41) is 23.1. The topological polar surface area (TPSA) is 197 Å². The van der Waals surface area contributed by atoms with Crippen molar-refractivity contribution in [2.24, 2.45) is 69.0 Å². The summed E-state index contributed by atoms with van der Waals surface area (Å²) < 4.78 is 20.2. The summed E-state index contributed by atoms with van der Waals surface area (Å²) in [5.74, 6) is -2.19. The van der Waals surface area contributed by atoms with E-state index < -0.39 is 77.9 Å². The first-order chi connectivity index (χ1) is 28.9. The molecule has 14 unspecified atom stereocenters. The second-order valence-electron chi connectivity index (χ2n) is 20.3. The SMILES string of the molecule is CC12C=CC(=O)C=C1CCC1C2C(O)CC2(C)C(C(=O)COC(=O)CCC(=O)OCOC(=O)OCC(=O)C3CCC4C5CCC6=CC(=O)C=CC6(C)C5C(O)CC34C)CCC12. The molecule has 0 aromatic carbocycles. The molecule has 330 valence electrons. The van der Waals surface area contributed by atoms with Crippen molar-refractivity contribution in [3.63, 3.8) is 0 Å². The molecule has 0 heterocycles. The molecule has 0 aliphatic heterocycles. The summed E-state index contributed by atoms with van der Waals surface area (Å²) in [6.07, 6.45) is 14.3. The van der Waals surface area contributed by atoms with Gasteiger partial charge in [-0.2, -0.15) is 0 Å². The fourth-order valence-electron chi connectivity index (χ4n) is 14.7. The van der Waals surface area contributed by atoms with Gasteiger partial charge in [0, 0.05) is 34.5 Å². The molecule has 13 nitrogen and oxygen atoms in total. The van der Waals surface area contributed by atoms with Crippen LogP contribution in [0.2, 0.25) is 0 Å². The molecule has 0 saturated heterocycles. The Morgan fingerprint density at radius 2 is 1.05 bits per heavy atom. The van der Waals surface area contributed by atoms with Crippen molar-refractivity contribution in [3.05, 3.63) is 47.6 Å². The van der Waals surface area contributed by atoms with E-state index in [-0.39, 0.29) is 77.4 Å². The van der Waals surface area contributed by atoms with Crippen LogP contribution in [-0.4, -0.2) is 83.7 Å². The summed E-state index contributed by atoms with van der Waals surface area (Å²) in [6.45, 7) is 6.59. The zero-order valence-electron chi connectivity index (χ0n) is 35.7. The molecule has 8 rings (SSSR count). The molecule has 0 aromatic heterocycles.